The number of hydrogen-bond acceptors (Lipinski definition) is 5. The molecule has 1 heterocycles. The van der Waals surface area contributed by atoms with Crippen LogP contribution in [-0.2, 0) is 14.8 Å². The smallest absolute Gasteiger partial charge is 0.240 e. The van der Waals surface area contributed by atoms with E-state index < -0.39 is 10.0 Å². The minimum absolute atomic E-state index is 0.0187. The Kier molecular flexibility index (Phi) is 6.76. The number of carbonyl (C=O) groups excluding carboxylic acids is 1. The van der Waals surface area contributed by atoms with Crippen LogP contribution in [0, 0.1) is 0 Å². The van der Waals surface area contributed by atoms with Gasteiger partial charge in [-0.05, 0) is 43.2 Å². The maximum absolute atomic E-state index is 12.7. The van der Waals surface area contributed by atoms with Gasteiger partial charge < -0.3 is 14.5 Å². The van der Waals surface area contributed by atoms with Crippen molar-refractivity contribution in [1.82, 2.24) is 4.72 Å². The summed E-state index contributed by atoms with van der Waals surface area (Å²) in [5.74, 6) is 0.471. The fourth-order valence-electron chi connectivity index (χ4n) is 3.37. The van der Waals surface area contributed by atoms with Gasteiger partial charge in [0.2, 0.25) is 15.9 Å². The molecule has 3 rings (SSSR count). The molecule has 1 fully saturated rings. The lowest BCUT2D eigenvalue weighted by Crippen LogP contribution is -2.29. The average Bonchev–Trinajstić information content (AvgIpc) is 3.16. The third kappa shape index (κ3) is 5.07. The van der Waals surface area contributed by atoms with Gasteiger partial charge in [0.25, 0.3) is 0 Å². The van der Waals surface area contributed by atoms with Crippen LogP contribution in [0.5, 0.6) is 5.75 Å². The lowest BCUT2D eigenvalue weighted by molar-refractivity contribution is -0.117. The molecule has 2 aromatic rings. The van der Waals surface area contributed by atoms with Gasteiger partial charge in [0.1, 0.15) is 5.75 Å². The SMILES string of the molecule is COc1ccc(S(=O)(=O)NCCCN(C)c2ccccc2)cc1N1CCCC1=O. The number of nitrogens with zero attached hydrogens (tertiary/aromatic N) is 2. The van der Waals surface area contributed by atoms with Crippen LogP contribution in [0.4, 0.5) is 11.4 Å². The molecule has 0 bridgehead atoms. The second-order valence-corrected chi connectivity index (χ2v) is 8.76. The van der Waals surface area contributed by atoms with E-state index in [0.29, 0.717) is 37.4 Å². The second kappa shape index (κ2) is 9.28. The Hall–Kier alpha value is -2.58. The van der Waals surface area contributed by atoms with Crippen LogP contribution >= 0.6 is 0 Å². The Morgan fingerprint density at radius 2 is 1.93 bits per heavy atom. The molecule has 0 unspecified atom stereocenters. The van der Waals surface area contributed by atoms with Gasteiger partial charge in [-0.3, -0.25) is 4.79 Å². The van der Waals surface area contributed by atoms with Crippen LogP contribution in [-0.4, -0.2) is 48.1 Å². The quantitative estimate of drug-likeness (QED) is 0.635. The Bertz CT molecular complexity index is 948. The number of methoxy groups -OCH3 is 1. The van der Waals surface area contributed by atoms with E-state index in [1.165, 1.54) is 19.2 Å². The van der Waals surface area contributed by atoms with E-state index in [-0.39, 0.29) is 10.8 Å². The van der Waals surface area contributed by atoms with Gasteiger partial charge in [-0.2, -0.15) is 0 Å². The Morgan fingerprint density at radius 3 is 2.59 bits per heavy atom. The van der Waals surface area contributed by atoms with Crippen molar-refractivity contribution in [3.8, 4) is 5.75 Å². The van der Waals surface area contributed by atoms with E-state index in [0.717, 1.165) is 18.7 Å². The number of anilines is 2. The zero-order valence-corrected chi connectivity index (χ0v) is 17.6. The normalized spacial score (nSPS) is 14.3. The van der Waals surface area contributed by atoms with Crippen LogP contribution in [0.25, 0.3) is 0 Å². The molecule has 0 radical (unpaired) electrons. The predicted octanol–water partition coefficient (Wildman–Crippen LogP) is 2.63. The highest BCUT2D eigenvalue weighted by atomic mass is 32.2. The Balaban J connectivity index is 1.64. The first-order valence-electron chi connectivity index (χ1n) is 9.66. The number of ether oxygens (including phenoxy) is 1. The van der Waals surface area contributed by atoms with Crippen LogP contribution in [0.15, 0.2) is 53.4 Å². The van der Waals surface area contributed by atoms with Crippen LogP contribution in [0.2, 0.25) is 0 Å². The summed E-state index contributed by atoms with van der Waals surface area (Å²) in [5.41, 5.74) is 1.59. The third-order valence-corrected chi connectivity index (χ3v) is 6.44. The lowest BCUT2D eigenvalue weighted by Gasteiger charge is -2.20. The van der Waals surface area contributed by atoms with Gasteiger partial charge in [-0.1, -0.05) is 18.2 Å². The Labute approximate surface area is 172 Å². The number of carbonyl (C=O) groups is 1. The topological polar surface area (TPSA) is 79.0 Å². The van der Waals surface area contributed by atoms with Crippen molar-refractivity contribution in [1.29, 1.82) is 0 Å². The third-order valence-electron chi connectivity index (χ3n) is 4.98. The monoisotopic (exact) mass is 417 g/mol. The van der Waals surface area contributed by atoms with Crippen LogP contribution in [0.3, 0.4) is 0 Å². The van der Waals surface area contributed by atoms with Gasteiger partial charge in [0.05, 0.1) is 17.7 Å². The molecule has 0 aromatic heterocycles. The number of rotatable bonds is 9. The predicted molar refractivity (Wildman–Crippen MR) is 114 cm³/mol. The summed E-state index contributed by atoms with van der Waals surface area (Å²) in [6, 6.07) is 14.6. The Morgan fingerprint density at radius 1 is 1.17 bits per heavy atom. The summed E-state index contributed by atoms with van der Waals surface area (Å²) in [6.45, 7) is 1.62. The van der Waals surface area contributed by atoms with Gasteiger partial charge >= 0.3 is 0 Å². The minimum Gasteiger partial charge on any atom is -0.495 e. The van der Waals surface area contributed by atoms with E-state index in [9.17, 15) is 13.2 Å². The summed E-state index contributed by atoms with van der Waals surface area (Å²) in [7, 11) is -0.192. The van der Waals surface area contributed by atoms with Crippen molar-refractivity contribution >= 4 is 27.3 Å². The van der Waals surface area contributed by atoms with Gasteiger partial charge in [-0.25, -0.2) is 13.1 Å². The molecule has 0 spiro atoms. The number of amides is 1. The number of benzene rings is 2. The van der Waals surface area contributed by atoms with Gasteiger partial charge in [0.15, 0.2) is 0 Å². The van der Waals surface area contributed by atoms with E-state index in [2.05, 4.69) is 9.62 Å². The summed E-state index contributed by atoms with van der Waals surface area (Å²) < 4.78 is 33.4. The first kappa shape index (κ1) is 21.1. The van der Waals surface area contributed by atoms with Crippen LogP contribution < -0.4 is 19.3 Å². The highest BCUT2D eigenvalue weighted by molar-refractivity contribution is 7.89. The largest absolute Gasteiger partial charge is 0.495 e. The molecule has 2 aromatic carbocycles. The van der Waals surface area contributed by atoms with E-state index in [1.54, 1.807) is 11.0 Å². The summed E-state index contributed by atoms with van der Waals surface area (Å²) in [6.07, 6.45) is 1.89. The zero-order chi connectivity index (χ0) is 20.9. The van der Waals surface area contributed by atoms with Crippen molar-refractivity contribution in [3.63, 3.8) is 0 Å². The molecular weight excluding hydrogens is 390 g/mol. The number of nitrogens with one attached hydrogen (secondary N) is 1. The average molecular weight is 418 g/mol. The molecule has 0 aliphatic carbocycles. The maximum atomic E-state index is 12.7. The molecule has 8 heteroatoms. The van der Waals surface area contributed by atoms with E-state index in [4.69, 9.17) is 4.74 Å². The molecule has 29 heavy (non-hydrogen) atoms. The molecular formula is C21H27N3O4S. The molecule has 0 saturated carbocycles. The van der Waals surface area contributed by atoms with Crippen molar-refractivity contribution in [2.45, 2.75) is 24.2 Å². The highest BCUT2D eigenvalue weighted by Gasteiger charge is 2.26. The molecule has 1 aliphatic rings. The molecule has 1 aliphatic heterocycles. The van der Waals surface area contributed by atoms with E-state index in [1.807, 2.05) is 37.4 Å². The fraction of sp³-hybridized carbons (Fsp3) is 0.381. The first-order valence-corrected chi connectivity index (χ1v) is 11.1. The fourth-order valence-corrected chi connectivity index (χ4v) is 4.46. The van der Waals surface area contributed by atoms with Crippen molar-refractivity contribution < 1.29 is 17.9 Å². The van der Waals surface area contributed by atoms with Crippen LogP contribution in [0.1, 0.15) is 19.3 Å². The summed E-state index contributed by atoms with van der Waals surface area (Å²) >= 11 is 0. The molecule has 1 N–H and O–H groups in total. The number of para-hydroxylation sites is 1. The molecule has 156 valence electrons. The number of hydrogen-bond donors (Lipinski definition) is 1. The molecule has 0 atom stereocenters. The maximum Gasteiger partial charge on any atom is 0.240 e. The number of sulfonamides is 1. The first-order chi connectivity index (χ1) is 13.9. The van der Waals surface area contributed by atoms with Crippen molar-refractivity contribution in [2.75, 3.05) is 43.6 Å². The second-order valence-electron chi connectivity index (χ2n) is 6.99. The lowest BCUT2D eigenvalue weighted by atomic mass is 10.2. The molecule has 1 saturated heterocycles. The van der Waals surface area contributed by atoms with Crippen molar-refractivity contribution in [2.24, 2.45) is 0 Å². The van der Waals surface area contributed by atoms with Gasteiger partial charge in [-0.15, -0.1) is 0 Å². The zero-order valence-electron chi connectivity index (χ0n) is 16.8. The van der Waals surface area contributed by atoms with Crippen molar-refractivity contribution in [3.05, 3.63) is 48.5 Å². The summed E-state index contributed by atoms with van der Waals surface area (Å²) in [5, 5.41) is 0. The molecule has 7 nitrogen and oxygen atoms in total. The standard InChI is InChI=1S/C21H27N3O4S/c1-23(17-8-4-3-5-9-17)14-7-13-22-29(26,27)18-11-12-20(28-2)19(16-18)24-15-6-10-21(24)25/h3-5,8-9,11-12,16,22H,6-7,10,13-15H2,1-2H3. The molecule has 1 amide bonds. The highest BCUT2D eigenvalue weighted by Crippen LogP contribution is 2.33. The minimum atomic E-state index is -3.68. The van der Waals surface area contributed by atoms with E-state index >= 15 is 0 Å². The summed E-state index contributed by atoms with van der Waals surface area (Å²) in [4.78, 5) is 15.9. The van der Waals surface area contributed by atoms with Gasteiger partial charge in [0, 0.05) is 38.8 Å².